The molecular weight excluding hydrogens is 225 g/mol. The van der Waals surface area contributed by atoms with Crippen molar-refractivity contribution in [3.8, 4) is 0 Å². The molecule has 1 aliphatic heterocycles. The van der Waals surface area contributed by atoms with E-state index in [4.69, 9.17) is 0 Å². The number of fused-ring (bicyclic) bond motifs is 1. The van der Waals surface area contributed by atoms with Gasteiger partial charge in [0.05, 0.1) is 0 Å². The number of hydrogen-bond donors (Lipinski definition) is 1. The van der Waals surface area contributed by atoms with E-state index >= 15 is 0 Å². The van der Waals surface area contributed by atoms with Gasteiger partial charge in [0.1, 0.15) is 5.82 Å². The molecule has 0 amide bonds. The molecule has 92 valence electrons. The molecule has 0 spiro atoms. The number of para-hydroxylation sites is 1. The first-order valence-corrected chi connectivity index (χ1v) is 6.40. The van der Waals surface area contributed by atoms with E-state index in [9.17, 15) is 4.39 Å². The molecule has 3 rings (SSSR count). The van der Waals surface area contributed by atoms with Crippen LogP contribution < -0.4 is 5.32 Å². The molecule has 0 saturated heterocycles. The first-order valence-electron chi connectivity index (χ1n) is 6.40. The van der Waals surface area contributed by atoms with Crippen LogP contribution in [0, 0.1) is 5.82 Å². The number of rotatable bonds is 2. The minimum Gasteiger partial charge on any atom is -0.382 e. The molecule has 1 N–H and O–H groups in total. The summed E-state index contributed by atoms with van der Waals surface area (Å²) in [5.41, 5.74) is 3.83. The molecule has 0 unspecified atom stereocenters. The van der Waals surface area contributed by atoms with Gasteiger partial charge in [-0.25, -0.2) is 4.39 Å². The number of nitrogens with one attached hydrogen (secondary N) is 1. The topological polar surface area (TPSA) is 12.0 Å². The minimum absolute atomic E-state index is 0.166. The van der Waals surface area contributed by atoms with Crippen LogP contribution in [0.2, 0.25) is 0 Å². The molecular formula is C16H16FN. The van der Waals surface area contributed by atoms with Crippen LogP contribution in [-0.4, -0.2) is 6.04 Å². The molecule has 0 aromatic heterocycles. The summed E-state index contributed by atoms with van der Waals surface area (Å²) in [6.45, 7) is 0. The zero-order valence-electron chi connectivity index (χ0n) is 10.2. The maximum Gasteiger partial charge on any atom is 0.123 e. The summed E-state index contributed by atoms with van der Waals surface area (Å²) in [5, 5.41) is 3.57. The third kappa shape index (κ3) is 2.37. The van der Waals surface area contributed by atoms with E-state index in [0.717, 1.165) is 19.3 Å². The van der Waals surface area contributed by atoms with Gasteiger partial charge in [0, 0.05) is 11.7 Å². The van der Waals surface area contributed by atoms with Crippen molar-refractivity contribution in [3.63, 3.8) is 0 Å². The second-order valence-corrected chi connectivity index (χ2v) is 4.87. The molecule has 0 saturated carbocycles. The summed E-state index contributed by atoms with van der Waals surface area (Å²) in [6.07, 6.45) is 3.21. The Morgan fingerprint density at radius 2 is 1.83 bits per heavy atom. The van der Waals surface area contributed by atoms with Crippen LogP contribution in [0.1, 0.15) is 17.5 Å². The van der Waals surface area contributed by atoms with Crippen LogP contribution in [0.5, 0.6) is 0 Å². The predicted octanol–water partition coefficient (Wildman–Crippen LogP) is 3.80. The summed E-state index contributed by atoms with van der Waals surface area (Å²) in [5.74, 6) is -0.166. The van der Waals surface area contributed by atoms with E-state index in [1.54, 1.807) is 0 Å². The summed E-state index contributed by atoms with van der Waals surface area (Å²) in [4.78, 5) is 0. The van der Waals surface area contributed by atoms with Gasteiger partial charge in [-0.3, -0.25) is 0 Å². The fraction of sp³-hybridized carbons (Fsp3) is 0.250. The lowest BCUT2D eigenvalue weighted by Gasteiger charge is -2.27. The molecule has 1 atom stereocenters. The van der Waals surface area contributed by atoms with Crippen molar-refractivity contribution in [2.45, 2.75) is 25.3 Å². The van der Waals surface area contributed by atoms with Crippen molar-refractivity contribution in [1.29, 1.82) is 0 Å². The lowest BCUT2D eigenvalue weighted by molar-refractivity contribution is 0.617. The number of benzene rings is 2. The van der Waals surface area contributed by atoms with Crippen molar-refractivity contribution >= 4 is 5.69 Å². The second-order valence-electron chi connectivity index (χ2n) is 4.87. The van der Waals surface area contributed by atoms with Crippen molar-refractivity contribution in [3.05, 3.63) is 65.5 Å². The van der Waals surface area contributed by atoms with E-state index in [1.807, 2.05) is 12.1 Å². The maximum atomic E-state index is 12.8. The fourth-order valence-corrected chi connectivity index (χ4v) is 2.56. The van der Waals surface area contributed by atoms with Gasteiger partial charge in [0.2, 0.25) is 0 Å². The van der Waals surface area contributed by atoms with Gasteiger partial charge in [-0.05, 0) is 48.6 Å². The van der Waals surface area contributed by atoms with E-state index in [-0.39, 0.29) is 5.82 Å². The lowest BCUT2D eigenvalue weighted by atomic mass is 9.94. The summed E-state index contributed by atoms with van der Waals surface area (Å²) >= 11 is 0. The molecule has 2 heteroatoms. The molecule has 0 aliphatic carbocycles. The quantitative estimate of drug-likeness (QED) is 0.843. The Morgan fingerprint density at radius 1 is 1.06 bits per heavy atom. The molecule has 1 aliphatic rings. The molecule has 0 radical (unpaired) electrons. The predicted molar refractivity (Wildman–Crippen MR) is 72.3 cm³/mol. The maximum absolute atomic E-state index is 12.8. The van der Waals surface area contributed by atoms with Crippen LogP contribution in [0.3, 0.4) is 0 Å². The van der Waals surface area contributed by atoms with E-state index < -0.39 is 0 Å². The Kier molecular flexibility index (Phi) is 3.01. The Labute approximate surface area is 107 Å². The Hall–Kier alpha value is -1.83. The van der Waals surface area contributed by atoms with Crippen molar-refractivity contribution < 1.29 is 4.39 Å². The monoisotopic (exact) mass is 241 g/mol. The van der Waals surface area contributed by atoms with Gasteiger partial charge in [-0.1, -0.05) is 30.3 Å². The third-order valence-electron chi connectivity index (χ3n) is 3.53. The van der Waals surface area contributed by atoms with Gasteiger partial charge in [-0.15, -0.1) is 0 Å². The lowest BCUT2D eigenvalue weighted by Crippen LogP contribution is -2.27. The van der Waals surface area contributed by atoms with Crippen molar-refractivity contribution in [1.82, 2.24) is 0 Å². The number of halogens is 1. The summed E-state index contributed by atoms with van der Waals surface area (Å²) in [7, 11) is 0. The number of anilines is 1. The highest BCUT2D eigenvalue weighted by molar-refractivity contribution is 5.53. The van der Waals surface area contributed by atoms with Gasteiger partial charge in [-0.2, -0.15) is 0 Å². The first-order chi connectivity index (χ1) is 8.81. The Bertz CT molecular complexity index is 533. The first kappa shape index (κ1) is 11.3. The normalized spacial score (nSPS) is 17.9. The SMILES string of the molecule is Fc1ccc(C[C@H]2CCc3ccccc3N2)cc1. The largest absolute Gasteiger partial charge is 0.382 e. The Morgan fingerprint density at radius 3 is 2.67 bits per heavy atom. The van der Waals surface area contributed by atoms with Crippen molar-refractivity contribution in [2.75, 3.05) is 5.32 Å². The average Bonchev–Trinajstić information content (AvgIpc) is 2.41. The minimum atomic E-state index is -0.166. The molecule has 0 bridgehead atoms. The van der Waals surface area contributed by atoms with Crippen LogP contribution in [-0.2, 0) is 12.8 Å². The van der Waals surface area contributed by atoms with Crippen LogP contribution in [0.4, 0.5) is 10.1 Å². The van der Waals surface area contributed by atoms with Crippen molar-refractivity contribution in [2.24, 2.45) is 0 Å². The zero-order chi connectivity index (χ0) is 12.4. The van der Waals surface area contributed by atoms with Crippen LogP contribution >= 0.6 is 0 Å². The van der Waals surface area contributed by atoms with Crippen LogP contribution in [0.15, 0.2) is 48.5 Å². The molecule has 2 aromatic carbocycles. The highest BCUT2D eigenvalue weighted by Crippen LogP contribution is 2.25. The van der Waals surface area contributed by atoms with E-state index in [2.05, 4.69) is 29.6 Å². The van der Waals surface area contributed by atoms with Gasteiger partial charge >= 0.3 is 0 Å². The second kappa shape index (κ2) is 4.81. The molecule has 18 heavy (non-hydrogen) atoms. The number of aryl methyl sites for hydroxylation is 1. The third-order valence-corrected chi connectivity index (χ3v) is 3.53. The molecule has 1 nitrogen and oxygen atoms in total. The van der Waals surface area contributed by atoms with Gasteiger partial charge < -0.3 is 5.32 Å². The van der Waals surface area contributed by atoms with Gasteiger partial charge in [0.25, 0.3) is 0 Å². The average molecular weight is 241 g/mol. The van der Waals surface area contributed by atoms with Gasteiger partial charge in [0.15, 0.2) is 0 Å². The fourth-order valence-electron chi connectivity index (χ4n) is 2.56. The Balaban J connectivity index is 1.71. The van der Waals surface area contributed by atoms with Crippen LogP contribution in [0.25, 0.3) is 0 Å². The summed E-state index contributed by atoms with van der Waals surface area (Å²) < 4.78 is 12.8. The number of hydrogen-bond acceptors (Lipinski definition) is 1. The molecule has 0 fully saturated rings. The zero-order valence-corrected chi connectivity index (χ0v) is 10.2. The highest BCUT2D eigenvalue weighted by Gasteiger charge is 2.17. The molecule has 2 aromatic rings. The standard InChI is InChI=1S/C16H16FN/c17-14-8-5-12(6-9-14)11-15-10-7-13-3-1-2-4-16(13)18-15/h1-6,8-9,15,18H,7,10-11H2/t15-/m1/s1. The molecule has 1 heterocycles. The summed E-state index contributed by atoms with van der Waals surface area (Å²) in [6, 6.07) is 15.7. The smallest absolute Gasteiger partial charge is 0.123 e. The highest BCUT2D eigenvalue weighted by atomic mass is 19.1. The van der Waals surface area contributed by atoms with E-state index in [0.29, 0.717) is 6.04 Å². The van der Waals surface area contributed by atoms with E-state index in [1.165, 1.54) is 28.9 Å².